The molecule has 0 radical (unpaired) electrons. The minimum absolute atomic E-state index is 0.151. The molecule has 2 aromatic rings. The molecular formula is C18H22N6O3S. The summed E-state index contributed by atoms with van der Waals surface area (Å²) in [4.78, 5) is 16.9. The van der Waals surface area contributed by atoms with Gasteiger partial charge in [0.05, 0.1) is 11.8 Å². The first kappa shape index (κ1) is 17.7. The summed E-state index contributed by atoms with van der Waals surface area (Å²) in [7, 11) is 0. The lowest BCUT2D eigenvalue weighted by Crippen LogP contribution is -2.48. The third kappa shape index (κ3) is 3.79. The van der Waals surface area contributed by atoms with Gasteiger partial charge >= 0.3 is 0 Å². The monoisotopic (exact) mass is 402 g/mol. The van der Waals surface area contributed by atoms with Crippen molar-refractivity contribution >= 4 is 17.7 Å². The van der Waals surface area contributed by atoms with Crippen LogP contribution >= 0.6 is 11.8 Å². The Balaban J connectivity index is 1.09. The maximum absolute atomic E-state index is 12.6. The topological polar surface area (TPSA) is 85.6 Å². The van der Waals surface area contributed by atoms with Gasteiger partial charge in [-0.15, -0.1) is 5.10 Å². The number of amides is 1. The highest BCUT2D eigenvalue weighted by atomic mass is 32.2. The molecule has 2 aliphatic heterocycles. The summed E-state index contributed by atoms with van der Waals surface area (Å²) in [6.07, 6.45) is 2.25. The Kier molecular flexibility index (Phi) is 4.81. The molecular weight excluding hydrogens is 380 g/mol. The largest absolute Gasteiger partial charge is 0.454 e. The van der Waals surface area contributed by atoms with Crippen molar-refractivity contribution in [1.29, 1.82) is 0 Å². The van der Waals surface area contributed by atoms with E-state index >= 15 is 0 Å². The molecule has 148 valence electrons. The van der Waals surface area contributed by atoms with Crippen molar-refractivity contribution in [1.82, 2.24) is 30.0 Å². The molecule has 2 fully saturated rings. The number of carbonyl (C=O) groups is 1. The van der Waals surface area contributed by atoms with Gasteiger partial charge in [0.25, 0.3) is 0 Å². The van der Waals surface area contributed by atoms with Gasteiger partial charge in [-0.25, -0.2) is 4.68 Å². The van der Waals surface area contributed by atoms with Crippen molar-refractivity contribution in [3.05, 3.63) is 23.8 Å². The Morgan fingerprint density at radius 2 is 1.96 bits per heavy atom. The fourth-order valence-corrected chi connectivity index (χ4v) is 4.35. The van der Waals surface area contributed by atoms with E-state index in [1.54, 1.807) is 0 Å². The van der Waals surface area contributed by atoms with Crippen molar-refractivity contribution in [3.8, 4) is 11.5 Å². The number of carbonyl (C=O) groups excluding carboxylic acids is 1. The van der Waals surface area contributed by atoms with Crippen LogP contribution in [-0.2, 0) is 11.3 Å². The van der Waals surface area contributed by atoms with E-state index in [1.807, 2.05) is 21.7 Å². The molecule has 10 heteroatoms. The van der Waals surface area contributed by atoms with Gasteiger partial charge in [-0.1, -0.05) is 17.8 Å². The molecule has 1 saturated carbocycles. The number of fused-ring (bicyclic) bond motifs is 1. The number of hydrogen-bond acceptors (Lipinski definition) is 8. The van der Waals surface area contributed by atoms with Crippen molar-refractivity contribution in [3.63, 3.8) is 0 Å². The molecule has 0 N–H and O–H groups in total. The predicted molar refractivity (Wildman–Crippen MR) is 101 cm³/mol. The number of hydrogen-bond donors (Lipinski definition) is 0. The van der Waals surface area contributed by atoms with E-state index in [2.05, 4.69) is 26.5 Å². The number of benzene rings is 1. The fourth-order valence-electron chi connectivity index (χ4n) is 3.50. The second-order valence-corrected chi connectivity index (χ2v) is 8.21. The Morgan fingerprint density at radius 3 is 2.79 bits per heavy atom. The number of tetrazole rings is 1. The second kappa shape index (κ2) is 7.59. The van der Waals surface area contributed by atoms with E-state index in [1.165, 1.54) is 17.3 Å². The quantitative estimate of drug-likeness (QED) is 0.666. The lowest BCUT2D eigenvalue weighted by atomic mass is 10.1. The molecule has 1 amide bonds. The van der Waals surface area contributed by atoms with Crippen molar-refractivity contribution in [2.45, 2.75) is 30.6 Å². The van der Waals surface area contributed by atoms with Crippen molar-refractivity contribution in [2.75, 3.05) is 38.7 Å². The van der Waals surface area contributed by atoms with Gasteiger partial charge in [0.2, 0.25) is 17.9 Å². The van der Waals surface area contributed by atoms with Crippen LogP contribution < -0.4 is 9.47 Å². The average molecular weight is 402 g/mol. The number of piperazine rings is 1. The van der Waals surface area contributed by atoms with Gasteiger partial charge < -0.3 is 14.4 Å². The van der Waals surface area contributed by atoms with Crippen LogP contribution in [0.25, 0.3) is 0 Å². The van der Waals surface area contributed by atoms with E-state index < -0.39 is 0 Å². The zero-order chi connectivity index (χ0) is 18.9. The maximum atomic E-state index is 12.6. The predicted octanol–water partition coefficient (Wildman–Crippen LogP) is 1.17. The summed E-state index contributed by atoms with van der Waals surface area (Å²) in [5.74, 6) is 2.16. The molecule has 0 spiro atoms. The highest BCUT2D eigenvalue weighted by Gasteiger charge is 2.29. The smallest absolute Gasteiger partial charge is 0.233 e. The van der Waals surface area contributed by atoms with Crippen LogP contribution in [-0.4, -0.2) is 74.6 Å². The van der Waals surface area contributed by atoms with Crippen LogP contribution in [0.5, 0.6) is 11.5 Å². The van der Waals surface area contributed by atoms with Gasteiger partial charge in [0, 0.05) is 32.7 Å². The first-order valence-electron chi connectivity index (χ1n) is 9.55. The third-order valence-corrected chi connectivity index (χ3v) is 6.17. The molecule has 0 unspecified atom stereocenters. The molecule has 3 heterocycles. The summed E-state index contributed by atoms with van der Waals surface area (Å²) >= 11 is 1.43. The summed E-state index contributed by atoms with van der Waals surface area (Å²) in [6, 6.07) is 6.50. The Bertz CT molecular complexity index is 863. The molecule has 3 aliphatic rings. The number of thioether (sulfide) groups is 1. The van der Waals surface area contributed by atoms with Crippen molar-refractivity contribution < 1.29 is 14.3 Å². The molecule has 9 nitrogen and oxygen atoms in total. The summed E-state index contributed by atoms with van der Waals surface area (Å²) in [5, 5.41) is 12.6. The van der Waals surface area contributed by atoms with Gasteiger partial charge in [0.15, 0.2) is 11.5 Å². The van der Waals surface area contributed by atoms with Gasteiger partial charge in [-0.2, -0.15) is 0 Å². The van der Waals surface area contributed by atoms with Crippen LogP contribution in [0.15, 0.2) is 23.4 Å². The number of rotatable bonds is 6. The van der Waals surface area contributed by atoms with Gasteiger partial charge in [0.1, 0.15) is 0 Å². The summed E-state index contributed by atoms with van der Waals surface area (Å²) < 4.78 is 12.7. The maximum Gasteiger partial charge on any atom is 0.233 e. The molecule has 5 rings (SSSR count). The van der Waals surface area contributed by atoms with E-state index in [0.29, 0.717) is 18.6 Å². The van der Waals surface area contributed by atoms with Crippen LogP contribution in [0.1, 0.15) is 24.4 Å². The van der Waals surface area contributed by atoms with E-state index in [-0.39, 0.29) is 5.91 Å². The van der Waals surface area contributed by atoms with Crippen LogP contribution in [0.4, 0.5) is 0 Å². The summed E-state index contributed by atoms with van der Waals surface area (Å²) in [6.45, 7) is 4.37. The lowest BCUT2D eigenvalue weighted by molar-refractivity contribution is -0.130. The molecule has 28 heavy (non-hydrogen) atoms. The molecule has 1 aromatic carbocycles. The number of nitrogens with zero attached hydrogens (tertiary/aromatic N) is 6. The zero-order valence-electron chi connectivity index (χ0n) is 15.5. The fraction of sp³-hybridized carbons (Fsp3) is 0.556. The van der Waals surface area contributed by atoms with E-state index in [9.17, 15) is 4.79 Å². The minimum Gasteiger partial charge on any atom is -0.454 e. The van der Waals surface area contributed by atoms with Crippen LogP contribution in [0.2, 0.25) is 0 Å². The minimum atomic E-state index is 0.151. The molecule has 0 bridgehead atoms. The highest BCUT2D eigenvalue weighted by molar-refractivity contribution is 7.99. The zero-order valence-corrected chi connectivity index (χ0v) is 16.3. The molecule has 1 aliphatic carbocycles. The SMILES string of the molecule is O=C(CSc1nnnn1C1CC1)N1CCN(Cc2ccc3c(c2)OCO3)CC1. The number of ether oxygens (including phenoxy) is 2. The third-order valence-electron chi connectivity index (χ3n) is 5.25. The van der Waals surface area contributed by atoms with E-state index in [0.717, 1.165) is 62.2 Å². The van der Waals surface area contributed by atoms with Crippen molar-refractivity contribution in [2.24, 2.45) is 0 Å². The van der Waals surface area contributed by atoms with Crippen LogP contribution in [0.3, 0.4) is 0 Å². The van der Waals surface area contributed by atoms with E-state index in [4.69, 9.17) is 9.47 Å². The number of aromatic nitrogens is 4. The Morgan fingerprint density at radius 1 is 1.14 bits per heavy atom. The average Bonchev–Trinajstić information content (AvgIpc) is 3.26. The molecule has 1 saturated heterocycles. The Hall–Kier alpha value is -2.33. The molecule has 0 atom stereocenters. The molecule has 1 aromatic heterocycles. The van der Waals surface area contributed by atoms with Crippen LogP contribution in [0, 0.1) is 0 Å². The highest BCUT2D eigenvalue weighted by Crippen LogP contribution is 2.36. The lowest BCUT2D eigenvalue weighted by Gasteiger charge is -2.34. The first-order chi connectivity index (χ1) is 13.8. The normalized spacial score (nSPS) is 19.2. The second-order valence-electron chi connectivity index (χ2n) is 7.27. The van der Waals surface area contributed by atoms with Gasteiger partial charge in [-0.3, -0.25) is 9.69 Å². The van der Waals surface area contributed by atoms with Gasteiger partial charge in [-0.05, 0) is 41.0 Å². The standard InChI is InChI=1S/C18H22N6O3S/c25-17(11-28-18-19-20-21-24(18)14-2-3-14)23-7-5-22(6-8-23)10-13-1-4-15-16(9-13)27-12-26-15/h1,4,9,14H,2-3,5-8,10-12H2. The first-order valence-corrected chi connectivity index (χ1v) is 10.5. The Labute approximate surface area is 167 Å². The summed E-state index contributed by atoms with van der Waals surface area (Å²) in [5.41, 5.74) is 1.20.